The molecule has 4 heteroatoms. The molecule has 1 aromatic heterocycles. The average molecular weight is 284 g/mol. The SMILES string of the molecule is CCNC(c1ccc2c(c1)C(=O)NCC2)c1ccoc1C. The molecule has 110 valence electrons. The maximum Gasteiger partial charge on any atom is 0.251 e. The molecule has 0 radical (unpaired) electrons. The minimum atomic E-state index is 0.0252. The summed E-state index contributed by atoms with van der Waals surface area (Å²) in [7, 11) is 0. The second-order valence-corrected chi connectivity index (χ2v) is 5.35. The third-order valence-corrected chi connectivity index (χ3v) is 4.01. The molecule has 1 aliphatic rings. The van der Waals surface area contributed by atoms with Gasteiger partial charge < -0.3 is 15.1 Å². The molecule has 2 heterocycles. The zero-order valence-electron chi connectivity index (χ0n) is 12.4. The molecule has 0 saturated heterocycles. The predicted molar refractivity (Wildman–Crippen MR) is 81.4 cm³/mol. The molecule has 2 N–H and O–H groups in total. The van der Waals surface area contributed by atoms with Crippen LogP contribution >= 0.6 is 0 Å². The first-order chi connectivity index (χ1) is 10.2. The minimum Gasteiger partial charge on any atom is -0.469 e. The summed E-state index contributed by atoms with van der Waals surface area (Å²) in [6.45, 7) is 5.61. The lowest BCUT2D eigenvalue weighted by Crippen LogP contribution is -2.32. The summed E-state index contributed by atoms with van der Waals surface area (Å²) in [6.07, 6.45) is 2.61. The van der Waals surface area contributed by atoms with Crippen molar-refractivity contribution in [2.24, 2.45) is 0 Å². The van der Waals surface area contributed by atoms with Gasteiger partial charge in [-0.25, -0.2) is 0 Å². The van der Waals surface area contributed by atoms with Crippen molar-refractivity contribution in [1.82, 2.24) is 10.6 Å². The van der Waals surface area contributed by atoms with E-state index in [1.54, 1.807) is 6.26 Å². The number of amides is 1. The van der Waals surface area contributed by atoms with Gasteiger partial charge in [-0.15, -0.1) is 0 Å². The van der Waals surface area contributed by atoms with Crippen molar-refractivity contribution in [3.05, 3.63) is 58.5 Å². The molecule has 1 unspecified atom stereocenters. The van der Waals surface area contributed by atoms with Crippen molar-refractivity contribution < 1.29 is 9.21 Å². The maximum atomic E-state index is 12.0. The Morgan fingerprint density at radius 1 is 1.38 bits per heavy atom. The zero-order valence-corrected chi connectivity index (χ0v) is 12.4. The first-order valence-corrected chi connectivity index (χ1v) is 7.39. The van der Waals surface area contributed by atoms with Crippen molar-refractivity contribution in [2.45, 2.75) is 26.3 Å². The Morgan fingerprint density at radius 3 is 2.95 bits per heavy atom. The third kappa shape index (κ3) is 2.59. The largest absolute Gasteiger partial charge is 0.469 e. The Hall–Kier alpha value is -2.07. The number of carbonyl (C=O) groups excluding carboxylic acids is 1. The molecule has 1 aliphatic heterocycles. The van der Waals surface area contributed by atoms with E-state index in [4.69, 9.17) is 4.42 Å². The van der Waals surface area contributed by atoms with Crippen molar-refractivity contribution in [3.63, 3.8) is 0 Å². The molecule has 1 atom stereocenters. The van der Waals surface area contributed by atoms with Crippen LogP contribution in [-0.4, -0.2) is 19.0 Å². The van der Waals surface area contributed by atoms with Crippen LogP contribution in [0.5, 0.6) is 0 Å². The number of nitrogens with one attached hydrogen (secondary N) is 2. The highest BCUT2D eigenvalue weighted by Gasteiger charge is 2.21. The van der Waals surface area contributed by atoms with E-state index in [0.717, 1.165) is 47.5 Å². The minimum absolute atomic E-state index is 0.0252. The van der Waals surface area contributed by atoms with Crippen molar-refractivity contribution in [2.75, 3.05) is 13.1 Å². The Bertz CT molecular complexity index is 661. The summed E-state index contributed by atoms with van der Waals surface area (Å²) in [6, 6.07) is 8.22. The van der Waals surface area contributed by atoms with Crippen LogP contribution in [0.2, 0.25) is 0 Å². The number of fused-ring (bicyclic) bond motifs is 1. The fourth-order valence-corrected chi connectivity index (χ4v) is 2.91. The average Bonchev–Trinajstić information content (AvgIpc) is 2.91. The van der Waals surface area contributed by atoms with Gasteiger partial charge in [-0.3, -0.25) is 4.79 Å². The summed E-state index contributed by atoms with van der Waals surface area (Å²) in [4.78, 5) is 12.0. The van der Waals surface area contributed by atoms with Crippen LogP contribution < -0.4 is 10.6 Å². The van der Waals surface area contributed by atoms with Crippen molar-refractivity contribution in [3.8, 4) is 0 Å². The monoisotopic (exact) mass is 284 g/mol. The van der Waals surface area contributed by atoms with Gasteiger partial charge in [0, 0.05) is 17.7 Å². The van der Waals surface area contributed by atoms with E-state index in [0.29, 0.717) is 0 Å². The molecular formula is C17H20N2O2. The molecule has 0 saturated carbocycles. The highest BCUT2D eigenvalue weighted by atomic mass is 16.3. The van der Waals surface area contributed by atoms with Gasteiger partial charge >= 0.3 is 0 Å². The Labute approximate surface area is 124 Å². The molecule has 3 rings (SSSR count). The van der Waals surface area contributed by atoms with Gasteiger partial charge in [-0.05, 0) is 43.1 Å². The Morgan fingerprint density at radius 2 is 2.24 bits per heavy atom. The summed E-state index contributed by atoms with van der Waals surface area (Å²) in [5.41, 5.74) is 4.13. The van der Waals surface area contributed by atoms with Gasteiger partial charge in [-0.1, -0.05) is 19.1 Å². The molecule has 21 heavy (non-hydrogen) atoms. The lowest BCUT2D eigenvalue weighted by atomic mass is 9.92. The van der Waals surface area contributed by atoms with Crippen molar-refractivity contribution >= 4 is 5.91 Å². The molecule has 0 bridgehead atoms. The lowest BCUT2D eigenvalue weighted by molar-refractivity contribution is 0.0946. The normalized spacial score (nSPS) is 15.4. The topological polar surface area (TPSA) is 54.3 Å². The third-order valence-electron chi connectivity index (χ3n) is 4.01. The van der Waals surface area contributed by atoms with Crippen LogP contribution in [-0.2, 0) is 6.42 Å². The number of aryl methyl sites for hydroxylation is 1. The quantitative estimate of drug-likeness (QED) is 0.907. The lowest BCUT2D eigenvalue weighted by Gasteiger charge is -2.22. The van der Waals surface area contributed by atoms with E-state index in [1.807, 2.05) is 19.1 Å². The smallest absolute Gasteiger partial charge is 0.251 e. The highest BCUT2D eigenvalue weighted by molar-refractivity contribution is 5.96. The molecule has 0 aliphatic carbocycles. The fraction of sp³-hybridized carbons (Fsp3) is 0.353. The molecule has 0 spiro atoms. The molecule has 0 fully saturated rings. The fourth-order valence-electron chi connectivity index (χ4n) is 2.91. The second kappa shape index (κ2) is 5.74. The number of carbonyl (C=O) groups is 1. The van der Waals surface area contributed by atoms with Crippen LogP contribution in [0, 0.1) is 6.92 Å². The van der Waals surface area contributed by atoms with E-state index in [2.05, 4.69) is 29.7 Å². The van der Waals surface area contributed by atoms with Gasteiger partial charge in [0.1, 0.15) is 5.76 Å². The van der Waals surface area contributed by atoms with E-state index < -0.39 is 0 Å². The standard InChI is InChI=1S/C17H20N2O2/c1-3-18-16(14-7-9-21-11(14)2)13-5-4-12-6-8-19-17(20)15(12)10-13/h4-5,7,9-10,16,18H,3,6,8H2,1-2H3,(H,19,20). The van der Waals surface area contributed by atoms with E-state index in [1.165, 1.54) is 0 Å². The molecule has 1 aromatic carbocycles. The first kappa shape index (κ1) is 13.9. The number of furan rings is 1. The number of hydrogen-bond acceptors (Lipinski definition) is 3. The van der Waals surface area contributed by atoms with Crippen LogP contribution in [0.1, 0.15) is 45.8 Å². The van der Waals surface area contributed by atoms with Crippen molar-refractivity contribution in [1.29, 1.82) is 0 Å². The van der Waals surface area contributed by atoms with Crippen LogP contribution in [0.15, 0.2) is 34.9 Å². The molecule has 4 nitrogen and oxygen atoms in total. The summed E-state index contributed by atoms with van der Waals surface area (Å²) >= 11 is 0. The first-order valence-electron chi connectivity index (χ1n) is 7.39. The van der Waals surface area contributed by atoms with E-state index >= 15 is 0 Å². The number of hydrogen-bond donors (Lipinski definition) is 2. The second-order valence-electron chi connectivity index (χ2n) is 5.35. The van der Waals surface area contributed by atoms with E-state index in [-0.39, 0.29) is 11.9 Å². The van der Waals surface area contributed by atoms with Gasteiger partial charge in [-0.2, -0.15) is 0 Å². The Balaban J connectivity index is 2.02. The molecular weight excluding hydrogens is 264 g/mol. The summed E-state index contributed by atoms with van der Waals surface area (Å²) in [5.74, 6) is 0.931. The van der Waals surface area contributed by atoms with E-state index in [9.17, 15) is 4.79 Å². The van der Waals surface area contributed by atoms with Crippen LogP contribution in [0.4, 0.5) is 0 Å². The van der Waals surface area contributed by atoms with Crippen LogP contribution in [0.3, 0.4) is 0 Å². The van der Waals surface area contributed by atoms with Gasteiger partial charge in [0.05, 0.1) is 12.3 Å². The molecule has 1 amide bonds. The Kier molecular flexibility index (Phi) is 3.80. The van der Waals surface area contributed by atoms with Gasteiger partial charge in [0.25, 0.3) is 5.91 Å². The van der Waals surface area contributed by atoms with Crippen LogP contribution in [0.25, 0.3) is 0 Å². The molecule has 2 aromatic rings. The summed E-state index contributed by atoms with van der Waals surface area (Å²) < 4.78 is 5.43. The number of benzene rings is 1. The summed E-state index contributed by atoms with van der Waals surface area (Å²) in [5, 5.41) is 6.38. The predicted octanol–water partition coefficient (Wildman–Crippen LogP) is 2.57. The highest BCUT2D eigenvalue weighted by Crippen LogP contribution is 2.28. The number of rotatable bonds is 4. The zero-order chi connectivity index (χ0) is 14.8. The van der Waals surface area contributed by atoms with Gasteiger partial charge in [0.2, 0.25) is 0 Å². The van der Waals surface area contributed by atoms with Gasteiger partial charge in [0.15, 0.2) is 0 Å². The maximum absolute atomic E-state index is 12.0.